The molecule has 2 N–H and O–H groups in total. The molecule has 1 aliphatic carbocycles. The number of hydrogen-bond donors (Lipinski definition) is 2. The fourth-order valence-corrected chi connectivity index (χ4v) is 2.06. The average molecular weight is 263 g/mol. The van der Waals surface area contributed by atoms with Crippen LogP contribution in [0, 0.1) is 5.92 Å². The number of aryl methyl sites for hydroxylation is 1. The summed E-state index contributed by atoms with van der Waals surface area (Å²) in [5.74, 6) is 1.91. The molecule has 0 atom stereocenters. The molecule has 0 spiro atoms. The molecule has 1 saturated carbocycles. The zero-order valence-corrected chi connectivity index (χ0v) is 12.0. The fourth-order valence-electron chi connectivity index (χ4n) is 2.06. The summed E-state index contributed by atoms with van der Waals surface area (Å²) in [5, 5.41) is 10.8. The van der Waals surface area contributed by atoms with Crippen LogP contribution < -0.4 is 10.6 Å². The van der Waals surface area contributed by atoms with Crippen molar-refractivity contribution in [3.63, 3.8) is 0 Å². The number of guanidine groups is 1. The Bertz CT molecular complexity index is 406. The van der Waals surface area contributed by atoms with Crippen LogP contribution in [0.4, 0.5) is 0 Å². The molecule has 0 unspecified atom stereocenters. The van der Waals surface area contributed by atoms with Gasteiger partial charge in [-0.05, 0) is 31.7 Å². The molecule has 0 saturated heterocycles. The first kappa shape index (κ1) is 13.9. The quantitative estimate of drug-likeness (QED) is 0.447. The molecule has 1 aliphatic rings. The van der Waals surface area contributed by atoms with Gasteiger partial charge in [0.1, 0.15) is 0 Å². The van der Waals surface area contributed by atoms with Crippen LogP contribution in [0.25, 0.3) is 0 Å². The van der Waals surface area contributed by atoms with Gasteiger partial charge in [-0.1, -0.05) is 12.8 Å². The molecular weight excluding hydrogens is 238 g/mol. The number of aliphatic imine (C=N–C) groups is 1. The van der Waals surface area contributed by atoms with E-state index in [1.807, 2.05) is 17.8 Å². The summed E-state index contributed by atoms with van der Waals surface area (Å²) in [4.78, 5) is 4.58. The van der Waals surface area contributed by atoms with Crippen LogP contribution in [0.1, 0.15) is 38.3 Å². The van der Waals surface area contributed by atoms with Crippen LogP contribution in [0.3, 0.4) is 0 Å². The summed E-state index contributed by atoms with van der Waals surface area (Å²) in [6.45, 7) is 4.65. The van der Waals surface area contributed by atoms with Gasteiger partial charge in [0.2, 0.25) is 0 Å². The predicted molar refractivity (Wildman–Crippen MR) is 78.0 cm³/mol. The highest BCUT2D eigenvalue weighted by Crippen LogP contribution is 2.33. The van der Waals surface area contributed by atoms with Crippen LogP contribution >= 0.6 is 0 Å². The average Bonchev–Trinajstić information content (AvgIpc) is 3.14. The molecule has 0 radical (unpaired) electrons. The molecule has 0 bridgehead atoms. The monoisotopic (exact) mass is 263 g/mol. The smallest absolute Gasteiger partial charge is 0.191 e. The second kappa shape index (κ2) is 7.16. The molecule has 0 amide bonds. The van der Waals surface area contributed by atoms with E-state index >= 15 is 0 Å². The number of rotatable bonds is 7. The van der Waals surface area contributed by atoms with E-state index in [4.69, 9.17) is 0 Å². The Morgan fingerprint density at radius 1 is 1.47 bits per heavy atom. The van der Waals surface area contributed by atoms with E-state index in [0.29, 0.717) is 6.54 Å². The highest BCUT2D eigenvalue weighted by Gasteiger charge is 2.19. The number of nitrogens with zero attached hydrogens (tertiary/aromatic N) is 3. The van der Waals surface area contributed by atoms with Crippen molar-refractivity contribution in [3.05, 3.63) is 18.0 Å². The lowest BCUT2D eigenvalue weighted by atomic mass is 10.2. The molecule has 5 nitrogen and oxygen atoms in total. The zero-order chi connectivity index (χ0) is 13.5. The van der Waals surface area contributed by atoms with Crippen LogP contribution in [0.5, 0.6) is 0 Å². The van der Waals surface area contributed by atoms with Crippen LogP contribution in [0.2, 0.25) is 0 Å². The van der Waals surface area contributed by atoms with Gasteiger partial charge in [-0.3, -0.25) is 4.68 Å². The molecule has 5 heteroatoms. The minimum Gasteiger partial charge on any atom is -0.357 e. The lowest BCUT2D eigenvalue weighted by Gasteiger charge is -2.11. The second-order valence-corrected chi connectivity index (χ2v) is 5.15. The van der Waals surface area contributed by atoms with E-state index in [0.717, 1.165) is 30.7 Å². The molecule has 106 valence electrons. The van der Waals surface area contributed by atoms with Crippen molar-refractivity contribution in [2.75, 3.05) is 13.1 Å². The largest absolute Gasteiger partial charge is 0.357 e. The molecule has 19 heavy (non-hydrogen) atoms. The Labute approximate surface area is 115 Å². The molecule has 0 aliphatic heterocycles. The lowest BCUT2D eigenvalue weighted by molar-refractivity contribution is 0.643. The van der Waals surface area contributed by atoms with Crippen molar-refractivity contribution in [2.24, 2.45) is 18.0 Å². The van der Waals surface area contributed by atoms with Gasteiger partial charge in [0.05, 0.1) is 12.2 Å². The van der Waals surface area contributed by atoms with Gasteiger partial charge in [-0.2, -0.15) is 5.10 Å². The van der Waals surface area contributed by atoms with E-state index in [-0.39, 0.29) is 0 Å². The minimum absolute atomic E-state index is 0.661. The first-order valence-corrected chi connectivity index (χ1v) is 7.28. The van der Waals surface area contributed by atoms with Crippen LogP contribution in [-0.2, 0) is 13.6 Å². The summed E-state index contributed by atoms with van der Waals surface area (Å²) in [7, 11) is 1.95. The third kappa shape index (κ3) is 4.93. The number of nitrogens with one attached hydrogen (secondary N) is 2. The summed E-state index contributed by atoms with van der Waals surface area (Å²) in [6.07, 6.45) is 7.28. The topological polar surface area (TPSA) is 54.2 Å². The van der Waals surface area contributed by atoms with Gasteiger partial charge in [0.15, 0.2) is 5.96 Å². The van der Waals surface area contributed by atoms with Crippen molar-refractivity contribution in [3.8, 4) is 0 Å². The van der Waals surface area contributed by atoms with Gasteiger partial charge in [0, 0.05) is 26.3 Å². The van der Waals surface area contributed by atoms with Crippen LogP contribution in [0.15, 0.2) is 17.3 Å². The standard InChI is InChI=1S/C14H25N5/c1-3-15-14(16-9-4-5-12-6-7-12)17-11-13-8-10-18-19(13)2/h8,10,12H,3-7,9,11H2,1-2H3,(H2,15,16,17). The maximum atomic E-state index is 4.58. The summed E-state index contributed by atoms with van der Waals surface area (Å²) < 4.78 is 1.86. The van der Waals surface area contributed by atoms with Gasteiger partial charge in [0.25, 0.3) is 0 Å². The number of aromatic nitrogens is 2. The first-order chi connectivity index (χ1) is 9.29. The van der Waals surface area contributed by atoms with E-state index in [2.05, 4.69) is 27.6 Å². The van der Waals surface area contributed by atoms with E-state index in [1.165, 1.54) is 25.7 Å². The normalized spacial score (nSPS) is 15.6. The Morgan fingerprint density at radius 3 is 2.95 bits per heavy atom. The Morgan fingerprint density at radius 2 is 2.32 bits per heavy atom. The van der Waals surface area contributed by atoms with Gasteiger partial charge < -0.3 is 10.6 Å². The van der Waals surface area contributed by atoms with Gasteiger partial charge in [-0.15, -0.1) is 0 Å². The summed E-state index contributed by atoms with van der Waals surface area (Å²) in [6, 6.07) is 2.00. The molecule has 1 aromatic heterocycles. The summed E-state index contributed by atoms with van der Waals surface area (Å²) >= 11 is 0. The molecule has 1 fully saturated rings. The van der Waals surface area contributed by atoms with Crippen molar-refractivity contribution in [1.82, 2.24) is 20.4 Å². The van der Waals surface area contributed by atoms with Gasteiger partial charge in [-0.25, -0.2) is 4.99 Å². The van der Waals surface area contributed by atoms with Crippen molar-refractivity contribution in [2.45, 2.75) is 39.2 Å². The summed E-state index contributed by atoms with van der Waals surface area (Å²) in [5.41, 5.74) is 1.12. The third-order valence-electron chi connectivity index (χ3n) is 3.44. The van der Waals surface area contributed by atoms with E-state index < -0.39 is 0 Å². The minimum atomic E-state index is 0.661. The maximum absolute atomic E-state index is 4.58. The predicted octanol–water partition coefficient (Wildman–Crippen LogP) is 1.67. The Kier molecular flexibility index (Phi) is 5.24. The van der Waals surface area contributed by atoms with E-state index in [9.17, 15) is 0 Å². The Hall–Kier alpha value is -1.52. The lowest BCUT2D eigenvalue weighted by Crippen LogP contribution is -2.37. The Balaban J connectivity index is 1.74. The molecule has 0 aromatic carbocycles. The van der Waals surface area contributed by atoms with Gasteiger partial charge >= 0.3 is 0 Å². The van der Waals surface area contributed by atoms with Crippen molar-refractivity contribution in [1.29, 1.82) is 0 Å². The molecule has 1 heterocycles. The number of hydrogen-bond acceptors (Lipinski definition) is 2. The first-order valence-electron chi connectivity index (χ1n) is 7.28. The second-order valence-electron chi connectivity index (χ2n) is 5.15. The SMILES string of the molecule is CCNC(=NCc1ccnn1C)NCCCC1CC1. The maximum Gasteiger partial charge on any atom is 0.191 e. The molecule has 2 rings (SSSR count). The highest BCUT2D eigenvalue weighted by atomic mass is 15.3. The third-order valence-corrected chi connectivity index (χ3v) is 3.44. The van der Waals surface area contributed by atoms with E-state index in [1.54, 1.807) is 6.20 Å². The molecule has 1 aromatic rings. The van der Waals surface area contributed by atoms with Crippen LogP contribution in [-0.4, -0.2) is 28.8 Å². The fraction of sp³-hybridized carbons (Fsp3) is 0.714. The van der Waals surface area contributed by atoms with Crippen molar-refractivity contribution < 1.29 is 0 Å². The zero-order valence-electron chi connectivity index (χ0n) is 12.0. The van der Waals surface area contributed by atoms with Crippen molar-refractivity contribution >= 4 is 5.96 Å². The highest BCUT2D eigenvalue weighted by molar-refractivity contribution is 5.79. The molecular formula is C14H25N5.